The summed E-state index contributed by atoms with van der Waals surface area (Å²) >= 11 is 0. The van der Waals surface area contributed by atoms with Gasteiger partial charge in [-0.25, -0.2) is 0 Å². The van der Waals surface area contributed by atoms with Gasteiger partial charge in [-0.1, -0.05) is 41.5 Å². The molecule has 20 heavy (non-hydrogen) atoms. The Morgan fingerprint density at radius 1 is 1.20 bits per heavy atom. The van der Waals surface area contributed by atoms with E-state index in [0.29, 0.717) is 0 Å². The van der Waals surface area contributed by atoms with Gasteiger partial charge in [-0.2, -0.15) is 0 Å². The third-order valence-electron chi connectivity index (χ3n) is 3.65. The number of carbonyl (C=O) groups excluding carboxylic acids is 1. The first-order chi connectivity index (χ1) is 8.93. The van der Waals surface area contributed by atoms with Gasteiger partial charge in [0.2, 0.25) is 6.29 Å². The second kappa shape index (κ2) is 5.75. The van der Waals surface area contributed by atoms with Gasteiger partial charge in [-0.3, -0.25) is 4.79 Å². The number of hydrogen-bond acceptors (Lipinski definition) is 3. The smallest absolute Gasteiger partial charge is 0.318 e. The lowest BCUT2D eigenvalue weighted by molar-refractivity contribution is -0.249. The molecule has 1 aliphatic rings. The van der Waals surface area contributed by atoms with Crippen LogP contribution in [0.2, 0.25) is 0 Å². The van der Waals surface area contributed by atoms with Crippen molar-refractivity contribution in [1.82, 2.24) is 0 Å². The third kappa shape index (κ3) is 4.22. The van der Waals surface area contributed by atoms with Gasteiger partial charge >= 0.3 is 5.97 Å². The topological polar surface area (TPSA) is 35.5 Å². The quantitative estimate of drug-likeness (QED) is 0.536. The SMILES string of the molecule is CC(=C=C[C@@H]1C(=O)O[C@H](C(C)(C)C)O[C@@H]1C)C(C)(C)C. The van der Waals surface area contributed by atoms with E-state index in [0.717, 1.165) is 5.57 Å². The number of ether oxygens (including phenoxy) is 2. The normalized spacial score (nSPS) is 27.6. The Hall–Kier alpha value is -1.05. The predicted octanol–water partition coefficient (Wildman–Crippen LogP) is 4.08. The highest BCUT2D eigenvalue weighted by Crippen LogP contribution is 2.32. The molecule has 0 amide bonds. The maximum atomic E-state index is 12.1. The first-order valence-corrected chi connectivity index (χ1v) is 7.23. The molecule has 0 aliphatic carbocycles. The Kier molecular flexibility index (Phi) is 4.89. The van der Waals surface area contributed by atoms with Gasteiger partial charge < -0.3 is 9.47 Å². The van der Waals surface area contributed by atoms with E-state index in [2.05, 4.69) is 26.5 Å². The number of rotatable bonds is 1. The number of esters is 1. The Morgan fingerprint density at radius 2 is 1.75 bits per heavy atom. The molecular weight excluding hydrogens is 252 g/mol. The maximum absolute atomic E-state index is 12.1. The van der Waals surface area contributed by atoms with Crippen LogP contribution in [0, 0.1) is 16.7 Å². The van der Waals surface area contributed by atoms with E-state index in [-0.39, 0.29) is 28.8 Å². The van der Waals surface area contributed by atoms with Crippen molar-refractivity contribution in [2.75, 3.05) is 0 Å². The van der Waals surface area contributed by atoms with Gasteiger partial charge in [0.15, 0.2) is 0 Å². The van der Waals surface area contributed by atoms with Crippen LogP contribution in [0.3, 0.4) is 0 Å². The summed E-state index contributed by atoms with van der Waals surface area (Å²) in [5.74, 6) is -0.608. The molecule has 3 nitrogen and oxygen atoms in total. The van der Waals surface area contributed by atoms with Gasteiger partial charge in [0.05, 0.1) is 6.10 Å². The van der Waals surface area contributed by atoms with Gasteiger partial charge in [0.25, 0.3) is 0 Å². The fraction of sp³-hybridized carbons (Fsp3) is 0.765. The number of cyclic esters (lactones) is 1. The summed E-state index contributed by atoms with van der Waals surface area (Å²) in [5, 5.41) is 0. The standard InChI is InChI=1S/C17H28O3/c1-11(16(3,4)5)9-10-13-12(2)19-15(17(6,7)8)20-14(13)18/h10,12-13,15H,1-8H3/t9?,12-,13+,15-/m1/s1. The van der Waals surface area contributed by atoms with Crippen molar-refractivity contribution in [2.24, 2.45) is 16.7 Å². The zero-order valence-corrected chi connectivity index (χ0v) is 14.0. The molecule has 3 heteroatoms. The van der Waals surface area contributed by atoms with E-state index in [1.165, 1.54) is 0 Å². The fourth-order valence-electron chi connectivity index (χ4n) is 1.70. The molecule has 3 atom stereocenters. The molecule has 1 rings (SSSR count). The monoisotopic (exact) mass is 280 g/mol. The summed E-state index contributed by atoms with van der Waals surface area (Å²) in [6, 6.07) is 0. The lowest BCUT2D eigenvalue weighted by Gasteiger charge is -2.38. The molecule has 1 saturated heterocycles. The van der Waals surface area contributed by atoms with Crippen LogP contribution < -0.4 is 0 Å². The zero-order valence-electron chi connectivity index (χ0n) is 14.0. The summed E-state index contributed by atoms with van der Waals surface area (Å²) in [6.07, 6.45) is 1.11. The highest BCUT2D eigenvalue weighted by Gasteiger charge is 2.40. The molecule has 1 aliphatic heterocycles. The van der Waals surface area contributed by atoms with Crippen LogP contribution in [0.1, 0.15) is 55.4 Å². The second-order valence-corrected chi connectivity index (χ2v) is 7.69. The van der Waals surface area contributed by atoms with E-state index in [1.807, 2.05) is 34.6 Å². The molecule has 0 saturated carbocycles. The van der Waals surface area contributed by atoms with E-state index < -0.39 is 6.29 Å². The third-order valence-corrected chi connectivity index (χ3v) is 3.65. The van der Waals surface area contributed by atoms with Gasteiger partial charge in [0, 0.05) is 5.41 Å². The molecule has 1 fully saturated rings. The molecule has 114 valence electrons. The average molecular weight is 280 g/mol. The van der Waals surface area contributed by atoms with Crippen molar-refractivity contribution in [1.29, 1.82) is 0 Å². The van der Waals surface area contributed by atoms with Crippen LogP contribution in [0.5, 0.6) is 0 Å². The molecule has 0 N–H and O–H groups in total. The molecular formula is C17H28O3. The van der Waals surface area contributed by atoms with Crippen LogP contribution in [0.25, 0.3) is 0 Å². The first kappa shape index (κ1) is 17.0. The lowest BCUT2D eigenvalue weighted by Crippen LogP contribution is -2.46. The maximum Gasteiger partial charge on any atom is 0.318 e. The average Bonchev–Trinajstić information content (AvgIpc) is 2.24. The second-order valence-electron chi connectivity index (χ2n) is 7.69. The van der Waals surface area contributed by atoms with Gasteiger partial charge in [0.1, 0.15) is 5.92 Å². The van der Waals surface area contributed by atoms with Crippen LogP contribution in [0.15, 0.2) is 17.4 Å². The molecule has 1 heterocycles. The van der Waals surface area contributed by atoms with Crippen molar-refractivity contribution in [3.8, 4) is 0 Å². The van der Waals surface area contributed by atoms with E-state index in [4.69, 9.17) is 9.47 Å². The molecule has 0 aromatic heterocycles. The van der Waals surface area contributed by atoms with Crippen LogP contribution >= 0.6 is 0 Å². The lowest BCUT2D eigenvalue weighted by atomic mass is 9.87. The molecule has 0 radical (unpaired) electrons. The molecule has 0 spiro atoms. The minimum atomic E-state index is -0.484. The Morgan fingerprint density at radius 3 is 2.15 bits per heavy atom. The summed E-state index contributed by atoms with van der Waals surface area (Å²) in [6.45, 7) is 16.3. The van der Waals surface area contributed by atoms with Crippen molar-refractivity contribution < 1.29 is 14.3 Å². The fourth-order valence-corrected chi connectivity index (χ4v) is 1.70. The highest BCUT2D eigenvalue weighted by molar-refractivity contribution is 5.75. The Balaban J connectivity index is 2.91. The first-order valence-electron chi connectivity index (χ1n) is 7.23. The van der Waals surface area contributed by atoms with Crippen molar-refractivity contribution in [3.63, 3.8) is 0 Å². The molecule has 0 aromatic rings. The van der Waals surface area contributed by atoms with E-state index in [9.17, 15) is 4.79 Å². The van der Waals surface area contributed by atoms with Crippen molar-refractivity contribution in [2.45, 2.75) is 67.8 Å². The Bertz CT molecular complexity index is 428. The molecule has 0 aromatic carbocycles. The number of carbonyl (C=O) groups is 1. The molecule has 0 unspecified atom stereocenters. The predicted molar refractivity (Wildman–Crippen MR) is 80.1 cm³/mol. The van der Waals surface area contributed by atoms with E-state index >= 15 is 0 Å². The summed E-state index contributed by atoms with van der Waals surface area (Å²) in [4.78, 5) is 12.1. The minimum absolute atomic E-state index is 0.0487. The Labute approximate surface area is 123 Å². The largest absolute Gasteiger partial charge is 0.435 e. The van der Waals surface area contributed by atoms with Gasteiger partial charge in [-0.05, 0) is 30.9 Å². The summed E-state index contributed by atoms with van der Waals surface area (Å²) in [7, 11) is 0. The summed E-state index contributed by atoms with van der Waals surface area (Å²) in [5.41, 5.74) is 4.16. The highest BCUT2D eigenvalue weighted by atomic mass is 16.7. The number of hydrogen-bond donors (Lipinski definition) is 0. The zero-order chi connectivity index (χ0) is 15.7. The molecule has 0 bridgehead atoms. The summed E-state index contributed by atoms with van der Waals surface area (Å²) < 4.78 is 11.2. The van der Waals surface area contributed by atoms with E-state index in [1.54, 1.807) is 6.08 Å². The van der Waals surface area contributed by atoms with Crippen molar-refractivity contribution >= 4 is 5.97 Å². The van der Waals surface area contributed by atoms with Crippen LogP contribution in [-0.4, -0.2) is 18.4 Å². The van der Waals surface area contributed by atoms with Crippen molar-refractivity contribution in [3.05, 3.63) is 17.4 Å². The van der Waals surface area contributed by atoms with Gasteiger partial charge in [-0.15, -0.1) is 5.73 Å². The van der Waals surface area contributed by atoms with Crippen LogP contribution in [0.4, 0.5) is 0 Å². The van der Waals surface area contributed by atoms with Crippen LogP contribution in [-0.2, 0) is 14.3 Å². The minimum Gasteiger partial charge on any atom is -0.435 e.